The molecule has 0 fully saturated rings. The summed E-state index contributed by atoms with van der Waals surface area (Å²) < 4.78 is 102. The molecule has 14 heteroatoms. The molecule has 0 radical (unpaired) electrons. The van der Waals surface area contributed by atoms with Gasteiger partial charge in [-0.1, -0.05) is 26.0 Å². The van der Waals surface area contributed by atoms with E-state index in [2.05, 4.69) is 19.9 Å². The summed E-state index contributed by atoms with van der Waals surface area (Å²) in [5.74, 6) is -2.16. The number of hydrogen-bond acceptors (Lipinski definition) is 6. The van der Waals surface area contributed by atoms with Gasteiger partial charge >= 0.3 is 12.5 Å². The maximum absolute atomic E-state index is 14.1. The molecule has 218 valence electrons. The highest BCUT2D eigenvalue weighted by Gasteiger charge is 2.40. The van der Waals surface area contributed by atoms with Crippen LogP contribution >= 0.6 is 11.3 Å². The van der Waals surface area contributed by atoms with E-state index in [0.29, 0.717) is 23.4 Å². The topological polar surface area (TPSA) is 63.7 Å². The Morgan fingerprint density at radius 3 is 2.42 bits per heavy atom. The fraction of sp³-hybridized carbons (Fsp3) is 0.385. The smallest absolute Gasteiger partial charge is 0.492 e. The quantitative estimate of drug-likeness (QED) is 0.241. The first-order chi connectivity index (χ1) is 18.8. The van der Waals surface area contributed by atoms with Crippen LogP contribution in [0.25, 0.3) is 10.6 Å². The predicted octanol–water partition coefficient (Wildman–Crippen LogP) is 6.56. The number of halogens is 7. The highest BCUT2D eigenvalue weighted by atomic mass is 32.1. The number of rotatable bonds is 12. The van der Waals surface area contributed by atoms with Crippen molar-refractivity contribution in [1.29, 1.82) is 0 Å². The van der Waals surface area contributed by atoms with Crippen LogP contribution in [0.4, 0.5) is 30.7 Å². The number of aromatic nitrogens is 1. The number of nitrogens with one attached hydrogen (secondary N) is 1. The van der Waals surface area contributed by atoms with Crippen molar-refractivity contribution < 1.29 is 45.0 Å². The lowest BCUT2D eigenvalue weighted by molar-refractivity contribution is -0.274. The summed E-state index contributed by atoms with van der Waals surface area (Å²) in [6, 6.07) is 8.39. The molecule has 0 aliphatic heterocycles. The normalized spacial score (nSPS) is 12.1. The summed E-state index contributed by atoms with van der Waals surface area (Å²) in [4.78, 5) is 17.7. The Bertz CT molecular complexity index is 1290. The van der Waals surface area contributed by atoms with Crippen LogP contribution in [0.2, 0.25) is 0 Å². The van der Waals surface area contributed by atoms with Crippen LogP contribution in [0.15, 0.2) is 42.5 Å². The van der Waals surface area contributed by atoms with Crippen LogP contribution in [-0.2, 0) is 12.6 Å². The van der Waals surface area contributed by atoms with E-state index in [0.717, 1.165) is 37.4 Å². The van der Waals surface area contributed by atoms with E-state index in [-0.39, 0.29) is 35.9 Å². The van der Waals surface area contributed by atoms with Crippen LogP contribution < -0.4 is 14.8 Å². The van der Waals surface area contributed by atoms with Crippen molar-refractivity contribution >= 4 is 17.2 Å². The molecule has 0 saturated heterocycles. The molecule has 0 aliphatic carbocycles. The van der Waals surface area contributed by atoms with Crippen molar-refractivity contribution in [2.75, 3.05) is 32.8 Å². The second-order valence-electron chi connectivity index (χ2n) is 8.41. The Labute approximate surface area is 229 Å². The number of nitrogens with zero attached hydrogens (tertiary/aromatic N) is 2. The molecular formula is C26H26F7N3O3S. The van der Waals surface area contributed by atoms with E-state index >= 15 is 0 Å². The van der Waals surface area contributed by atoms with Gasteiger partial charge < -0.3 is 19.7 Å². The van der Waals surface area contributed by atoms with Gasteiger partial charge in [-0.15, -0.1) is 24.5 Å². The monoisotopic (exact) mass is 593 g/mol. The molecule has 0 spiro atoms. The minimum Gasteiger partial charge on any atom is -0.492 e. The average molecular weight is 594 g/mol. The number of amides is 1. The van der Waals surface area contributed by atoms with Crippen molar-refractivity contribution in [3.8, 4) is 22.1 Å². The summed E-state index contributed by atoms with van der Waals surface area (Å²) in [6.45, 7) is 6.01. The van der Waals surface area contributed by atoms with Gasteiger partial charge in [-0.3, -0.25) is 4.79 Å². The first-order valence-electron chi connectivity index (χ1n) is 12.2. The number of hydrogen-bond donors (Lipinski definition) is 1. The molecule has 3 rings (SSSR count). The second kappa shape index (κ2) is 13.3. The van der Waals surface area contributed by atoms with Gasteiger partial charge in [-0.25, -0.2) is 9.37 Å². The maximum Gasteiger partial charge on any atom is 0.573 e. The standard InChI is InChI=1S/C26H26F7N3O3S/c1-3-36(4-2)12-13-38-20-9-8-17(27)15-19(20)24-35-22(25(28,29)30)21(40-24)23(37)34-11-10-16-6-5-7-18(14-16)39-26(31,32)33/h5-9,14-15H,3-4,10-13H2,1-2H3,(H,34,37). The fourth-order valence-corrected chi connectivity index (χ4v) is 4.72. The summed E-state index contributed by atoms with van der Waals surface area (Å²) >= 11 is 0.429. The van der Waals surface area contributed by atoms with Crippen molar-refractivity contribution in [3.63, 3.8) is 0 Å². The lowest BCUT2D eigenvalue weighted by Gasteiger charge is -2.18. The molecule has 1 amide bonds. The Morgan fingerprint density at radius 2 is 1.77 bits per heavy atom. The van der Waals surface area contributed by atoms with Crippen molar-refractivity contribution in [1.82, 2.24) is 15.2 Å². The van der Waals surface area contributed by atoms with Gasteiger partial charge in [0.25, 0.3) is 5.91 Å². The summed E-state index contributed by atoms with van der Waals surface area (Å²) in [5.41, 5.74) is -1.12. The highest BCUT2D eigenvalue weighted by Crippen LogP contribution is 2.40. The number of likely N-dealkylation sites (N-methyl/N-ethyl adjacent to an activating group) is 1. The van der Waals surface area contributed by atoms with Gasteiger partial charge in [-0.2, -0.15) is 13.2 Å². The van der Waals surface area contributed by atoms with E-state index in [9.17, 15) is 35.5 Å². The van der Waals surface area contributed by atoms with Crippen molar-refractivity contribution in [2.24, 2.45) is 0 Å². The molecule has 0 saturated carbocycles. The molecule has 1 aromatic heterocycles. The molecule has 0 bridgehead atoms. The zero-order valence-corrected chi connectivity index (χ0v) is 22.3. The van der Waals surface area contributed by atoms with Gasteiger partial charge in [0.15, 0.2) is 5.69 Å². The van der Waals surface area contributed by atoms with Crippen LogP contribution in [0, 0.1) is 5.82 Å². The number of carbonyl (C=O) groups is 1. The average Bonchev–Trinajstić information content (AvgIpc) is 3.33. The molecule has 0 aliphatic rings. The SMILES string of the molecule is CCN(CC)CCOc1ccc(F)cc1-c1nc(C(F)(F)F)c(C(=O)NCCc2cccc(OC(F)(F)F)c2)s1. The summed E-state index contributed by atoms with van der Waals surface area (Å²) in [5, 5.41) is 2.08. The van der Waals surface area contributed by atoms with Gasteiger partial charge in [0, 0.05) is 13.1 Å². The minimum absolute atomic E-state index is 0.0161. The molecule has 2 aromatic carbocycles. The molecule has 3 aromatic rings. The third-order valence-electron chi connectivity index (χ3n) is 5.66. The van der Waals surface area contributed by atoms with Crippen LogP contribution in [0.5, 0.6) is 11.5 Å². The number of thiazole rings is 1. The van der Waals surface area contributed by atoms with Crippen LogP contribution in [0.3, 0.4) is 0 Å². The van der Waals surface area contributed by atoms with Gasteiger partial charge in [0.1, 0.15) is 33.8 Å². The Kier molecular flexibility index (Phi) is 10.4. The Morgan fingerprint density at radius 1 is 1.05 bits per heavy atom. The van der Waals surface area contributed by atoms with Gasteiger partial charge in [-0.05, 0) is 55.4 Å². The lowest BCUT2D eigenvalue weighted by Crippen LogP contribution is -2.27. The zero-order chi connectivity index (χ0) is 29.5. The Hall–Kier alpha value is -3.39. The zero-order valence-electron chi connectivity index (χ0n) is 21.5. The number of carbonyl (C=O) groups excluding carboxylic acids is 1. The molecule has 1 N–H and O–H groups in total. The van der Waals surface area contributed by atoms with E-state index < -0.39 is 40.6 Å². The van der Waals surface area contributed by atoms with E-state index in [4.69, 9.17) is 4.74 Å². The first kappa shape index (κ1) is 31.1. The van der Waals surface area contributed by atoms with Crippen molar-refractivity contribution in [3.05, 3.63) is 64.4 Å². The van der Waals surface area contributed by atoms with E-state index in [1.54, 1.807) is 0 Å². The molecular weight excluding hydrogens is 567 g/mol. The lowest BCUT2D eigenvalue weighted by atomic mass is 10.1. The number of benzene rings is 2. The van der Waals surface area contributed by atoms with Gasteiger partial charge in [0.05, 0.1) is 5.56 Å². The fourth-order valence-electron chi connectivity index (χ4n) is 3.70. The third-order valence-corrected chi connectivity index (χ3v) is 6.75. The molecule has 6 nitrogen and oxygen atoms in total. The van der Waals surface area contributed by atoms with Gasteiger partial charge in [0.2, 0.25) is 0 Å². The van der Waals surface area contributed by atoms with E-state index in [1.807, 2.05) is 13.8 Å². The first-order valence-corrected chi connectivity index (χ1v) is 13.0. The highest BCUT2D eigenvalue weighted by molar-refractivity contribution is 7.17. The second-order valence-corrected chi connectivity index (χ2v) is 9.41. The molecule has 0 unspecified atom stereocenters. The third kappa shape index (κ3) is 8.81. The number of alkyl halides is 6. The number of ether oxygens (including phenoxy) is 2. The van der Waals surface area contributed by atoms with Crippen molar-refractivity contribution in [2.45, 2.75) is 32.8 Å². The molecule has 40 heavy (non-hydrogen) atoms. The van der Waals surface area contributed by atoms with E-state index in [1.165, 1.54) is 18.2 Å². The maximum atomic E-state index is 14.1. The van der Waals surface area contributed by atoms with Crippen LogP contribution in [0.1, 0.15) is 34.8 Å². The predicted molar refractivity (Wildman–Crippen MR) is 135 cm³/mol. The summed E-state index contributed by atoms with van der Waals surface area (Å²) in [7, 11) is 0. The summed E-state index contributed by atoms with van der Waals surface area (Å²) in [6.07, 6.45) is -9.85. The largest absolute Gasteiger partial charge is 0.573 e. The Balaban J connectivity index is 1.79. The van der Waals surface area contributed by atoms with Crippen LogP contribution in [-0.4, -0.2) is 54.9 Å². The minimum atomic E-state index is -4.98. The molecule has 0 atom stereocenters. The molecule has 1 heterocycles.